The highest BCUT2D eigenvalue weighted by Crippen LogP contribution is 2.16. The summed E-state index contributed by atoms with van der Waals surface area (Å²) in [5, 5.41) is 12.8. The zero-order valence-electron chi connectivity index (χ0n) is 12.8. The van der Waals surface area contributed by atoms with Crippen LogP contribution < -0.4 is 0 Å². The highest BCUT2D eigenvalue weighted by atomic mass is 16.5. The smallest absolute Gasteiger partial charge is 0.0786 e. The molecular weight excluding hydrogens is 210 g/mol. The van der Waals surface area contributed by atoms with Gasteiger partial charge in [-0.2, -0.15) is 0 Å². The van der Waals surface area contributed by atoms with Crippen molar-refractivity contribution in [3.8, 4) is 0 Å². The Kier molecular flexibility index (Phi) is 8.06. The number of rotatable bonds is 9. The number of nitrogens with zero attached hydrogens (tertiary/aromatic N) is 1. The summed E-state index contributed by atoms with van der Waals surface area (Å²) in [5.74, 6) is 1.92. The van der Waals surface area contributed by atoms with Crippen LogP contribution in [0.3, 0.4) is 0 Å². The summed E-state index contributed by atoms with van der Waals surface area (Å²) in [6.45, 7) is 15.6. The summed E-state index contributed by atoms with van der Waals surface area (Å²) in [6.07, 6.45) is 3.17. The van der Waals surface area contributed by atoms with Gasteiger partial charge in [-0.25, -0.2) is 0 Å². The fraction of sp³-hybridized carbons (Fsp3) is 1.00. The topological polar surface area (TPSA) is 23.1 Å². The molecule has 2 nitrogen and oxygen atoms in total. The Labute approximate surface area is 109 Å². The predicted octanol–water partition coefficient (Wildman–Crippen LogP) is 4.44. The third-order valence-corrected chi connectivity index (χ3v) is 3.34. The Morgan fingerprint density at radius 2 is 0.882 bits per heavy atom. The van der Waals surface area contributed by atoms with E-state index < -0.39 is 0 Å². The molecular formula is C15H33NO. The SMILES string of the molecule is CC(C)CC[N+]([O-])(CCC(C)C)CCC(C)C. The van der Waals surface area contributed by atoms with Crippen molar-refractivity contribution < 1.29 is 4.65 Å². The standard InChI is InChI=1S/C15H33NO/c1-13(2)7-10-16(17,11-8-14(3)4)12-9-15(5)6/h13-15H,7-12H2,1-6H3. The van der Waals surface area contributed by atoms with E-state index in [0.717, 1.165) is 38.9 Å². The molecule has 0 amide bonds. The van der Waals surface area contributed by atoms with E-state index in [4.69, 9.17) is 0 Å². The van der Waals surface area contributed by atoms with Crippen molar-refractivity contribution in [2.75, 3.05) is 19.6 Å². The molecule has 0 aromatic rings. The van der Waals surface area contributed by atoms with E-state index in [0.29, 0.717) is 17.8 Å². The molecule has 0 radical (unpaired) electrons. The summed E-state index contributed by atoms with van der Waals surface area (Å²) in [7, 11) is 0. The third kappa shape index (κ3) is 9.61. The van der Waals surface area contributed by atoms with Crippen LogP contribution in [0.5, 0.6) is 0 Å². The van der Waals surface area contributed by atoms with Crippen LogP contribution >= 0.6 is 0 Å². The molecule has 0 aromatic carbocycles. The second kappa shape index (κ2) is 8.10. The van der Waals surface area contributed by atoms with Gasteiger partial charge < -0.3 is 9.85 Å². The molecule has 0 atom stereocenters. The van der Waals surface area contributed by atoms with Gasteiger partial charge in [-0.15, -0.1) is 0 Å². The molecule has 2 heteroatoms. The Balaban J connectivity index is 4.23. The first-order valence-corrected chi connectivity index (χ1v) is 7.32. The van der Waals surface area contributed by atoms with Crippen molar-refractivity contribution in [1.82, 2.24) is 0 Å². The van der Waals surface area contributed by atoms with Crippen molar-refractivity contribution in [1.29, 1.82) is 0 Å². The van der Waals surface area contributed by atoms with Crippen LogP contribution in [0.4, 0.5) is 0 Å². The number of quaternary nitrogens is 1. The van der Waals surface area contributed by atoms with Crippen LogP contribution in [-0.4, -0.2) is 24.3 Å². The molecule has 0 aliphatic heterocycles. The molecule has 0 fully saturated rings. The third-order valence-electron chi connectivity index (χ3n) is 3.34. The number of hydrogen-bond donors (Lipinski definition) is 0. The molecule has 0 aliphatic rings. The van der Waals surface area contributed by atoms with Crippen LogP contribution in [0.15, 0.2) is 0 Å². The summed E-state index contributed by atoms with van der Waals surface area (Å²) >= 11 is 0. The predicted molar refractivity (Wildman–Crippen MR) is 76.6 cm³/mol. The molecule has 0 spiro atoms. The largest absolute Gasteiger partial charge is 0.633 e. The lowest BCUT2D eigenvalue weighted by Gasteiger charge is -2.44. The molecule has 0 aliphatic carbocycles. The maximum absolute atomic E-state index is 12.8. The summed E-state index contributed by atoms with van der Waals surface area (Å²) < 4.78 is 0.0363. The zero-order valence-corrected chi connectivity index (χ0v) is 12.8. The van der Waals surface area contributed by atoms with Gasteiger partial charge >= 0.3 is 0 Å². The molecule has 0 bridgehead atoms. The van der Waals surface area contributed by atoms with Gasteiger partial charge in [0, 0.05) is 0 Å². The molecule has 0 saturated heterocycles. The molecule has 0 rings (SSSR count). The minimum atomic E-state index is 0.0363. The first kappa shape index (κ1) is 16.9. The maximum atomic E-state index is 12.8. The van der Waals surface area contributed by atoms with Gasteiger partial charge in [0.1, 0.15) is 0 Å². The Morgan fingerprint density at radius 1 is 0.647 bits per heavy atom. The lowest BCUT2D eigenvalue weighted by Crippen LogP contribution is -2.45. The quantitative estimate of drug-likeness (QED) is 0.434. The molecule has 0 aromatic heterocycles. The van der Waals surface area contributed by atoms with Crippen molar-refractivity contribution in [3.05, 3.63) is 5.21 Å². The van der Waals surface area contributed by atoms with Crippen LogP contribution in [0.25, 0.3) is 0 Å². The van der Waals surface area contributed by atoms with Crippen LogP contribution in [0, 0.1) is 23.0 Å². The average molecular weight is 243 g/mol. The van der Waals surface area contributed by atoms with Gasteiger partial charge in [-0.1, -0.05) is 41.5 Å². The molecule has 17 heavy (non-hydrogen) atoms. The van der Waals surface area contributed by atoms with Gasteiger partial charge in [0.2, 0.25) is 0 Å². The van der Waals surface area contributed by atoms with E-state index in [9.17, 15) is 5.21 Å². The molecule has 0 N–H and O–H groups in total. The highest BCUT2D eigenvalue weighted by Gasteiger charge is 2.18. The van der Waals surface area contributed by atoms with Gasteiger partial charge in [-0.05, 0) is 37.0 Å². The van der Waals surface area contributed by atoms with Crippen molar-refractivity contribution in [2.24, 2.45) is 17.8 Å². The number of hydroxylamine groups is 3. The van der Waals surface area contributed by atoms with Crippen molar-refractivity contribution in [2.45, 2.75) is 60.8 Å². The summed E-state index contributed by atoms with van der Waals surface area (Å²) in [4.78, 5) is 0. The Morgan fingerprint density at radius 3 is 1.06 bits per heavy atom. The van der Waals surface area contributed by atoms with Crippen molar-refractivity contribution >= 4 is 0 Å². The zero-order chi connectivity index (χ0) is 13.5. The van der Waals surface area contributed by atoms with E-state index in [1.54, 1.807) is 0 Å². The maximum Gasteiger partial charge on any atom is 0.0786 e. The fourth-order valence-electron chi connectivity index (χ4n) is 1.82. The van der Waals surface area contributed by atoms with E-state index in [1.807, 2.05) is 0 Å². The number of hydrogen-bond acceptors (Lipinski definition) is 1. The van der Waals surface area contributed by atoms with Crippen LogP contribution in [-0.2, 0) is 0 Å². The van der Waals surface area contributed by atoms with Crippen molar-refractivity contribution in [3.63, 3.8) is 0 Å². The van der Waals surface area contributed by atoms with E-state index in [1.165, 1.54) is 0 Å². The fourth-order valence-corrected chi connectivity index (χ4v) is 1.82. The van der Waals surface area contributed by atoms with Crippen LogP contribution in [0.2, 0.25) is 0 Å². The second-order valence-electron chi connectivity index (χ2n) is 6.78. The van der Waals surface area contributed by atoms with Gasteiger partial charge in [0.15, 0.2) is 0 Å². The molecule has 104 valence electrons. The highest BCUT2D eigenvalue weighted by molar-refractivity contribution is 4.54. The minimum absolute atomic E-state index is 0.0363. The van der Waals surface area contributed by atoms with E-state index in [2.05, 4.69) is 41.5 Å². The normalized spacial score (nSPS) is 13.1. The minimum Gasteiger partial charge on any atom is -0.633 e. The molecule has 0 saturated carbocycles. The second-order valence-corrected chi connectivity index (χ2v) is 6.78. The summed E-state index contributed by atoms with van der Waals surface area (Å²) in [5.41, 5.74) is 0. The monoisotopic (exact) mass is 243 g/mol. The average Bonchev–Trinajstić information content (AvgIpc) is 2.21. The van der Waals surface area contributed by atoms with E-state index >= 15 is 0 Å². The van der Waals surface area contributed by atoms with Gasteiger partial charge in [0.25, 0.3) is 0 Å². The molecule has 0 heterocycles. The van der Waals surface area contributed by atoms with E-state index in [-0.39, 0.29) is 4.65 Å². The summed E-state index contributed by atoms with van der Waals surface area (Å²) in [6, 6.07) is 0. The van der Waals surface area contributed by atoms with Gasteiger partial charge in [0.05, 0.1) is 19.6 Å². The lowest BCUT2D eigenvalue weighted by atomic mass is 10.1. The van der Waals surface area contributed by atoms with Crippen LogP contribution in [0.1, 0.15) is 60.8 Å². The first-order chi connectivity index (χ1) is 7.75. The Bertz CT molecular complexity index is 156. The Hall–Kier alpha value is -0.0800. The first-order valence-electron chi connectivity index (χ1n) is 7.32. The van der Waals surface area contributed by atoms with Gasteiger partial charge in [-0.3, -0.25) is 0 Å². The molecule has 0 unspecified atom stereocenters. The lowest BCUT2D eigenvalue weighted by molar-refractivity contribution is -0.882.